The van der Waals surface area contributed by atoms with Crippen LogP contribution in [0.3, 0.4) is 0 Å². The maximum absolute atomic E-state index is 10.9. The van der Waals surface area contributed by atoms with Crippen molar-refractivity contribution in [3.63, 3.8) is 0 Å². The fourth-order valence-electron chi connectivity index (χ4n) is 4.61. The molecular formula is C32H51O3P. The van der Waals surface area contributed by atoms with Crippen LogP contribution in [0, 0.1) is 11.8 Å². The van der Waals surface area contributed by atoms with Gasteiger partial charge >= 0.3 is 8.60 Å². The van der Waals surface area contributed by atoms with Gasteiger partial charge in [0.15, 0.2) is 0 Å². The third-order valence-corrected chi connectivity index (χ3v) is 7.64. The zero-order chi connectivity index (χ0) is 26.0. The summed E-state index contributed by atoms with van der Waals surface area (Å²) in [6, 6.07) is 20.6. The molecule has 0 spiro atoms. The standard InChI is InChI=1S/C32H51O3P/c1-27(2)19-11-5-7-17-25-31(29-21-13-9-14-22-29)34-36(33)35-32(30-23-15-10-16-24-30)26-18-8-6-12-20-28(3)4/h9-10,13-16,21-24,27-28,31-33H,5-8,11-12,17-20,25-26H2,1-4H3. The van der Waals surface area contributed by atoms with Gasteiger partial charge < -0.3 is 13.9 Å². The smallest absolute Gasteiger partial charge is 0.328 e. The van der Waals surface area contributed by atoms with Crippen LogP contribution in [0.25, 0.3) is 0 Å². The number of unbranched alkanes of at least 4 members (excludes halogenated alkanes) is 6. The first-order valence-corrected chi connectivity index (χ1v) is 15.5. The van der Waals surface area contributed by atoms with Crippen molar-refractivity contribution in [2.45, 2.75) is 117 Å². The molecule has 2 aromatic carbocycles. The molecule has 0 saturated heterocycles. The Labute approximate surface area is 223 Å². The van der Waals surface area contributed by atoms with E-state index in [0.29, 0.717) is 0 Å². The normalized spacial score (nSPS) is 14.3. The molecule has 0 fully saturated rings. The number of hydrogen-bond donors (Lipinski definition) is 1. The largest absolute Gasteiger partial charge is 0.331 e. The Morgan fingerprint density at radius 2 is 0.861 bits per heavy atom. The average Bonchev–Trinajstić information content (AvgIpc) is 2.87. The van der Waals surface area contributed by atoms with E-state index in [1.165, 1.54) is 51.4 Å². The molecule has 0 aliphatic carbocycles. The highest BCUT2D eigenvalue weighted by Crippen LogP contribution is 2.46. The Hall–Kier alpha value is -1.25. The molecule has 0 bridgehead atoms. The van der Waals surface area contributed by atoms with Crippen molar-refractivity contribution in [2.24, 2.45) is 11.8 Å². The molecule has 2 rings (SSSR count). The monoisotopic (exact) mass is 514 g/mol. The van der Waals surface area contributed by atoms with Crippen LogP contribution in [-0.2, 0) is 9.05 Å². The molecule has 0 aliphatic heterocycles. The van der Waals surface area contributed by atoms with Gasteiger partial charge in [0.2, 0.25) is 0 Å². The van der Waals surface area contributed by atoms with Crippen LogP contribution < -0.4 is 0 Å². The fraction of sp³-hybridized carbons (Fsp3) is 0.625. The van der Waals surface area contributed by atoms with Gasteiger partial charge in [0, 0.05) is 0 Å². The van der Waals surface area contributed by atoms with Crippen LogP contribution in [-0.4, -0.2) is 4.89 Å². The van der Waals surface area contributed by atoms with E-state index in [-0.39, 0.29) is 12.2 Å². The van der Waals surface area contributed by atoms with Gasteiger partial charge in [-0.25, -0.2) is 0 Å². The Balaban J connectivity index is 1.90. The van der Waals surface area contributed by atoms with Crippen LogP contribution in [0.2, 0.25) is 0 Å². The molecule has 0 heterocycles. The van der Waals surface area contributed by atoms with Crippen molar-refractivity contribution in [1.29, 1.82) is 0 Å². The summed E-state index contributed by atoms with van der Waals surface area (Å²) < 4.78 is 12.4. The first-order valence-electron chi connectivity index (χ1n) is 14.4. The zero-order valence-corrected chi connectivity index (χ0v) is 24.2. The molecule has 2 unspecified atom stereocenters. The second-order valence-corrected chi connectivity index (χ2v) is 11.9. The van der Waals surface area contributed by atoms with Crippen molar-refractivity contribution >= 4 is 8.60 Å². The van der Waals surface area contributed by atoms with E-state index < -0.39 is 8.60 Å². The number of rotatable bonds is 20. The number of hydrogen-bond acceptors (Lipinski definition) is 3. The molecule has 3 nitrogen and oxygen atoms in total. The fourth-order valence-corrected chi connectivity index (χ4v) is 5.55. The number of benzene rings is 2. The molecule has 1 N–H and O–H groups in total. The Morgan fingerprint density at radius 1 is 0.528 bits per heavy atom. The maximum Gasteiger partial charge on any atom is 0.331 e. The molecule has 0 amide bonds. The summed E-state index contributed by atoms with van der Waals surface area (Å²) in [6.45, 7) is 9.16. The van der Waals surface area contributed by atoms with Crippen molar-refractivity contribution in [2.75, 3.05) is 0 Å². The third-order valence-electron chi connectivity index (χ3n) is 6.77. The van der Waals surface area contributed by atoms with E-state index in [4.69, 9.17) is 9.05 Å². The van der Waals surface area contributed by atoms with E-state index in [1.807, 2.05) is 36.4 Å². The quantitative estimate of drug-likeness (QED) is 0.141. The van der Waals surface area contributed by atoms with Gasteiger partial charge in [0.05, 0.1) is 12.2 Å². The summed E-state index contributed by atoms with van der Waals surface area (Å²) in [5.74, 6) is 1.55. The summed E-state index contributed by atoms with van der Waals surface area (Å²) in [5.41, 5.74) is 2.23. The highest BCUT2D eigenvalue weighted by atomic mass is 31.2. The lowest BCUT2D eigenvalue weighted by Crippen LogP contribution is -2.06. The van der Waals surface area contributed by atoms with Gasteiger partial charge in [-0.3, -0.25) is 0 Å². The highest BCUT2D eigenvalue weighted by molar-refractivity contribution is 7.40. The Bertz CT molecular complexity index is 700. The first kappa shape index (κ1) is 31.0. The second-order valence-electron chi connectivity index (χ2n) is 11.0. The molecular weight excluding hydrogens is 463 g/mol. The summed E-state index contributed by atoms with van der Waals surface area (Å²) in [6.07, 6.45) is 13.8. The molecule has 0 aromatic heterocycles. The first-order chi connectivity index (χ1) is 17.5. The molecule has 0 radical (unpaired) electrons. The van der Waals surface area contributed by atoms with Crippen LogP contribution in [0.15, 0.2) is 60.7 Å². The van der Waals surface area contributed by atoms with Gasteiger partial charge in [0.1, 0.15) is 0 Å². The molecule has 0 saturated carbocycles. The minimum Gasteiger partial charge on any atom is -0.328 e. The van der Waals surface area contributed by atoms with E-state index in [2.05, 4.69) is 52.0 Å². The van der Waals surface area contributed by atoms with Crippen molar-refractivity contribution in [3.8, 4) is 0 Å². The van der Waals surface area contributed by atoms with Crippen LogP contribution >= 0.6 is 8.60 Å². The average molecular weight is 515 g/mol. The lowest BCUT2D eigenvalue weighted by Gasteiger charge is -2.25. The molecule has 4 heteroatoms. The molecule has 36 heavy (non-hydrogen) atoms. The Morgan fingerprint density at radius 3 is 1.19 bits per heavy atom. The van der Waals surface area contributed by atoms with Crippen LogP contribution in [0.5, 0.6) is 0 Å². The molecule has 0 aliphatic rings. The van der Waals surface area contributed by atoms with Gasteiger partial charge in [0.25, 0.3) is 0 Å². The SMILES string of the molecule is CC(C)CCCCCCC(OP(O)OC(CCCCCCC(C)C)c1ccccc1)c1ccccc1. The predicted molar refractivity (Wildman–Crippen MR) is 155 cm³/mol. The zero-order valence-electron chi connectivity index (χ0n) is 23.3. The molecule has 2 aromatic rings. The van der Waals surface area contributed by atoms with Crippen LogP contribution in [0.4, 0.5) is 0 Å². The van der Waals surface area contributed by atoms with E-state index in [1.54, 1.807) is 0 Å². The van der Waals surface area contributed by atoms with Gasteiger partial charge in [-0.15, -0.1) is 0 Å². The second kappa shape index (κ2) is 18.9. The maximum atomic E-state index is 10.9. The summed E-state index contributed by atoms with van der Waals surface area (Å²) in [7, 11) is -1.98. The van der Waals surface area contributed by atoms with E-state index in [9.17, 15) is 4.89 Å². The summed E-state index contributed by atoms with van der Waals surface area (Å²) >= 11 is 0. The topological polar surface area (TPSA) is 38.7 Å². The van der Waals surface area contributed by atoms with Crippen molar-refractivity contribution < 1.29 is 13.9 Å². The summed E-state index contributed by atoms with van der Waals surface area (Å²) in [4.78, 5) is 10.9. The van der Waals surface area contributed by atoms with Crippen molar-refractivity contribution in [1.82, 2.24) is 0 Å². The molecule has 2 atom stereocenters. The van der Waals surface area contributed by atoms with Gasteiger partial charge in [-0.05, 0) is 35.8 Å². The Kier molecular flexibility index (Phi) is 16.3. The van der Waals surface area contributed by atoms with Gasteiger partial charge in [-0.2, -0.15) is 0 Å². The molecule has 202 valence electrons. The van der Waals surface area contributed by atoms with Crippen LogP contribution in [0.1, 0.15) is 128 Å². The predicted octanol–water partition coefficient (Wildman–Crippen LogP) is 10.7. The third kappa shape index (κ3) is 13.9. The highest BCUT2D eigenvalue weighted by Gasteiger charge is 2.23. The lowest BCUT2D eigenvalue weighted by atomic mass is 10.0. The lowest BCUT2D eigenvalue weighted by molar-refractivity contribution is 0.0991. The minimum atomic E-state index is -1.98. The van der Waals surface area contributed by atoms with Gasteiger partial charge in [-0.1, -0.05) is 153 Å². The van der Waals surface area contributed by atoms with E-state index in [0.717, 1.165) is 48.6 Å². The van der Waals surface area contributed by atoms with Crippen molar-refractivity contribution in [3.05, 3.63) is 71.8 Å². The van der Waals surface area contributed by atoms with E-state index >= 15 is 0 Å². The minimum absolute atomic E-state index is 0.139. The summed E-state index contributed by atoms with van der Waals surface area (Å²) in [5, 5.41) is 0.